The summed E-state index contributed by atoms with van der Waals surface area (Å²) in [6.45, 7) is 4.41. The lowest BCUT2D eigenvalue weighted by Crippen LogP contribution is -3.09. The fraction of sp³-hybridized carbons (Fsp3) is 1.00. The smallest absolute Gasteiger partial charge is 0.0813 e. The lowest BCUT2D eigenvalue weighted by molar-refractivity contribution is -0.881. The zero-order valence-electron chi connectivity index (χ0n) is 5.49. The van der Waals surface area contributed by atoms with Gasteiger partial charge in [0.15, 0.2) is 0 Å². The van der Waals surface area contributed by atoms with Gasteiger partial charge in [0.05, 0.1) is 20.1 Å². The summed E-state index contributed by atoms with van der Waals surface area (Å²) in [5.41, 5.74) is 0. The van der Waals surface area contributed by atoms with Gasteiger partial charge in [0, 0.05) is 0 Å². The van der Waals surface area contributed by atoms with E-state index >= 15 is 0 Å². The SMILES string of the molecule is CC(C)[NH+](C)C.Cl. The van der Waals surface area contributed by atoms with Crippen molar-refractivity contribution in [2.45, 2.75) is 19.9 Å². The van der Waals surface area contributed by atoms with Gasteiger partial charge in [-0.1, -0.05) is 0 Å². The summed E-state index contributed by atoms with van der Waals surface area (Å²) in [7, 11) is 4.31. The fourth-order valence-electron chi connectivity index (χ4n) is 0. The van der Waals surface area contributed by atoms with Crippen molar-refractivity contribution in [2.75, 3.05) is 14.1 Å². The first-order valence-corrected chi connectivity index (χ1v) is 2.44. The molecule has 2 heteroatoms. The van der Waals surface area contributed by atoms with Gasteiger partial charge >= 0.3 is 0 Å². The van der Waals surface area contributed by atoms with E-state index < -0.39 is 0 Å². The van der Waals surface area contributed by atoms with Crippen LogP contribution in [0.1, 0.15) is 13.8 Å². The van der Waals surface area contributed by atoms with Gasteiger partial charge in [0.25, 0.3) is 0 Å². The summed E-state index contributed by atoms with van der Waals surface area (Å²) in [4.78, 5) is 1.51. The lowest BCUT2D eigenvalue weighted by Gasteiger charge is -2.09. The van der Waals surface area contributed by atoms with Gasteiger partial charge in [-0.25, -0.2) is 0 Å². The zero-order chi connectivity index (χ0) is 5.15. The highest BCUT2D eigenvalue weighted by Crippen LogP contribution is 1.59. The van der Waals surface area contributed by atoms with Gasteiger partial charge < -0.3 is 4.90 Å². The Labute approximate surface area is 52.1 Å². The number of hydrogen-bond acceptors (Lipinski definition) is 0. The van der Waals surface area contributed by atoms with Crippen molar-refractivity contribution in [2.24, 2.45) is 0 Å². The van der Waals surface area contributed by atoms with Crippen LogP contribution in [0.15, 0.2) is 0 Å². The van der Waals surface area contributed by atoms with Gasteiger partial charge in [-0.3, -0.25) is 0 Å². The third-order valence-electron chi connectivity index (χ3n) is 1.15. The molecule has 0 aromatic rings. The zero-order valence-corrected chi connectivity index (χ0v) is 6.30. The van der Waals surface area contributed by atoms with Crippen LogP contribution in [0.2, 0.25) is 0 Å². The van der Waals surface area contributed by atoms with Crippen LogP contribution in [-0.2, 0) is 0 Å². The average Bonchev–Trinajstić information content (AvgIpc) is 1.36. The topological polar surface area (TPSA) is 4.44 Å². The molecule has 0 bridgehead atoms. The molecule has 0 atom stereocenters. The molecule has 0 aliphatic rings. The predicted molar refractivity (Wildman–Crippen MR) is 35.2 cm³/mol. The van der Waals surface area contributed by atoms with E-state index in [1.807, 2.05) is 0 Å². The van der Waals surface area contributed by atoms with Crippen molar-refractivity contribution in [3.8, 4) is 0 Å². The number of nitrogens with one attached hydrogen (secondary N) is 1. The first-order valence-electron chi connectivity index (χ1n) is 2.44. The van der Waals surface area contributed by atoms with E-state index in [0.29, 0.717) is 0 Å². The highest BCUT2D eigenvalue weighted by atomic mass is 35.5. The second-order valence-electron chi connectivity index (χ2n) is 2.23. The Hall–Kier alpha value is 0.250. The van der Waals surface area contributed by atoms with Crippen molar-refractivity contribution >= 4 is 12.4 Å². The van der Waals surface area contributed by atoms with Gasteiger partial charge in [0.1, 0.15) is 0 Å². The average molecular weight is 125 g/mol. The summed E-state index contributed by atoms with van der Waals surface area (Å²) in [5, 5.41) is 0. The largest absolute Gasteiger partial charge is 0.338 e. The van der Waals surface area contributed by atoms with Crippen LogP contribution in [0.3, 0.4) is 0 Å². The van der Waals surface area contributed by atoms with Crippen molar-refractivity contribution in [1.82, 2.24) is 0 Å². The standard InChI is InChI=1S/C5H13N.ClH/c1-5(2)6(3)4;/h5H,1-4H3;1H/p+1. The van der Waals surface area contributed by atoms with Gasteiger partial charge in [-0.05, 0) is 13.8 Å². The minimum Gasteiger partial charge on any atom is -0.338 e. The molecule has 0 aliphatic heterocycles. The molecule has 0 unspecified atom stereocenters. The Morgan fingerprint density at radius 3 is 1.29 bits per heavy atom. The van der Waals surface area contributed by atoms with Crippen LogP contribution in [0, 0.1) is 0 Å². The Bertz CT molecular complexity index is 29.1. The van der Waals surface area contributed by atoms with Crippen molar-refractivity contribution in [3.63, 3.8) is 0 Å². The maximum absolute atomic E-state index is 2.20. The van der Waals surface area contributed by atoms with Crippen molar-refractivity contribution in [1.29, 1.82) is 0 Å². The molecule has 0 aliphatic carbocycles. The summed E-state index contributed by atoms with van der Waals surface area (Å²) in [6.07, 6.45) is 0. The molecular formula is C5H15ClN+. The van der Waals surface area contributed by atoms with Crippen LogP contribution in [0.4, 0.5) is 0 Å². The minimum absolute atomic E-state index is 0. The van der Waals surface area contributed by atoms with Crippen LogP contribution < -0.4 is 4.90 Å². The molecule has 0 fully saturated rings. The Kier molecular flexibility index (Phi) is 6.47. The monoisotopic (exact) mass is 124 g/mol. The van der Waals surface area contributed by atoms with Gasteiger partial charge in [0.2, 0.25) is 0 Å². The minimum atomic E-state index is 0. The molecule has 0 radical (unpaired) electrons. The lowest BCUT2D eigenvalue weighted by atomic mass is 10.4. The van der Waals surface area contributed by atoms with E-state index in [1.54, 1.807) is 0 Å². The molecule has 46 valence electrons. The summed E-state index contributed by atoms with van der Waals surface area (Å²) in [5.74, 6) is 0. The quantitative estimate of drug-likeness (QED) is 0.501. The maximum atomic E-state index is 2.20. The highest BCUT2D eigenvalue weighted by Gasteiger charge is 1.94. The van der Waals surface area contributed by atoms with Crippen LogP contribution in [0.25, 0.3) is 0 Å². The molecule has 0 heterocycles. The molecule has 0 aromatic heterocycles. The van der Waals surface area contributed by atoms with E-state index in [-0.39, 0.29) is 12.4 Å². The van der Waals surface area contributed by atoms with Crippen LogP contribution >= 0.6 is 12.4 Å². The van der Waals surface area contributed by atoms with Crippen LogP contribution in [0.5, 0.6) is 0 Å². The number of hydrogen-bond donors (Lipinski definition) is 1. The third-order valence-corrected chi connectivity index (χ3v) is 1.15. The van der Waals surface area contributed by atoms with Gasteiger partial charge in [-0.15, -0.1) is 12.4 Å². The summed E-state index contributed by atoms with van der Waals surface area (Å²) in [6, 6.07) is 0.769. The predicted octanol–water partition coefficient (Wildman–Crippen LogP) is -0.0389. The number of quaternary nitrogens is 1. The van der Waals surface area contributed by atoms with Crippen molar-refractivity contribution in [3.05, 3.63) is 0 Å². The number of halogens is 1. The first-order chi connectivity index (χ1) is 2.64. The molecule has 0 amide bonds. The second-order valence-corrected chi connectivity index (χ2v) is 2.23. The summed E-state index contributed by atoms with van der Waals surface area (Å²) < 4.78 is 0. The molecule has 1 N–H and O–H groups in total. The van der Waals surface area contributed by atoms with Crippen LogP contribution in [-0.4, -0.2) is 20.1 Å². The van der Waals surface area contributed by atoms with E-state index in [1.165, 1.54) is 4.90 Å². The van der Waals surface area contributed by atoms with E-state index in [0.717, 1.165) is 6.04 Å². The number of rotatable bonds is 1. The maximum Gasteiger partial charge on any atom is 0.0813 e. The third kappa shape index (κ3) is 6.25. The Morgan fingerprint density at radius 1 is 1.14 bits per heavy atom. The Morgan fingerprint density at radius 2 is 1.29 bits per heavy atom. The molecule has 0 spiro atoms. The molecule has 0 saturated heterocycles. The molecule has 0 rings (SSSR count). The molecule has 0 aromatic carbocycles. The molecule has 7 heavy (non-hydrogen) atoms. The normalized spacial score (nSPS) is 9.43. The van der Waals surface area contributed by atoms with E-state index in [4.69, 9.17) is 0 Å². The Balaban J connectivity index is 0. The second kappa shape index (κ2) is 4.41. The first kappa shape index (κ1) is 10.3. The van der Waals surface area contributed by atoms with Gasteiger partial charge in [-0.2, -0.15) is 0 Å². The molecule has 1 nitrogen and oxygen atoms in total. The van der Waals surface area contributed by atoms with E-state index in [2.05, 4.69) is 27.9 Å². The fourth-order valence-corrected chi connectivity index (χ4v) is 0. The molecule has 0 saturated carbocycles. The highest BCUT2D eigenvalue weighted by molar-refractivity contribution is 5.85. The van der Waals surface area contributed by atoms with E-state index in [9.17, 15) is 0 Å². The molecular weight excluding hydrogens is 110 g/mol. The van der Waals surface area contributed by atoms with Crippen molar-refractivity contribution < 1.29 is 4.90 Å². The summed E-state index contributed by atoms with van der Waals surface area (Å²) >= 11 is 0.